The number of carbonyl (C=O) groups excluding carboxylic acids is 1. The Hall–Kier alpha value is -2.49. The minimum Gasteiger partial charge on any atom is -1.00 e. The van der Waals surface area contributed by atoms with Crippen LogP contribution < -0.4 is 34.9 Å². The smallest absolute Gasteiger partial charge is 1.00 e. The van der Waals surface area contributed by atoms with Gasteiger partial charge in [0.25, 0.3) is 5.91 Å². The van der Waals surface area contributed by atoms with Gasteiger partial charge in [-0.05, 0) is 68.5 Å². The summed E-state index contributed by atoms with van der Waals surface area (Å²) in [5.74, 6) is -1.77. The van der Waals surface area contributed by atoms with Gasteiger partial charge in [-0.3, -0.25) is 9.59 Å². The van der Waals surface area contributed by atoms with Crippen molar-refractivity contribution >= 4 is 17.6 Å². The molecule has 7 nitrogen and oxygen atoms in total. The van der Waals surface area contributed by atoms with Gasteiger partial charge < -0.3 is 26.6 Å². The van der Waals surface area contributed by atoms with Gasteiger partial charge in [-0.25, -0.2) is 4.39 Å². The van der Waals surface area contributed by atoms with Crippen LogP contribution in [0.15, 0.2) is 54.6 Å². The van der Waals surface area contributed by atoms with Crippen molar-refractivity contribution in [2.75, 3.05) is 5.32 Å². The number of carbonyl (C=O) groups is 2. The molecule has 4 N–H and O–H groups in total. The Morgan fingerprint density at radius 3 is 2.28 bits per heavy atom. The Balaban J connectivity index is 0.00000342. The summed E-state index contributed by atoms with van der Waals surface area (Å²) in [4.78, 5) is 24.1. The van der Waals surface area contributed by atoms with Gasteiger partial charge in [-0.1, -0.05) is 30.3 Å². The first-order valence-electron chi connectivity index (χ1n) is 11.6. The van der Waals surface area contributed by atoms with Gasteiger partial charge in [-0.2, -0.15) is 0 Å². The van der Waals surface area contributed by atoms with Crippen molar-refractivity contribution in [3.05, 3.63) is 77.4 Å². The molecule has 1 aromatic heterocycles. The fraction of sp³-hybridized carbons (Fsp3) is 0.333. The van der Waals surface area contributed by atoms with E-state index in [1.54, 1.807) is 24.3 Å². The van der Waals surface area contributed by atoms with E-state index >= 15 is 0 Å². The molecule has 1 heterocycles. The van der Waals surface area contributed by atoms with Crippen molar-refractivity contribution in [3.63, 3.8) is 0 Å². The predicted molar refractivity (Wildman–Crippen MR) is 133 cm³/mol. The molecule has 9 heteroatoms. The number of rotatable bonds is 11. The van der Waals surface area contributed by atoms with Gasteiger partial charge in [-0.15, -0.1) is 0 Å². The van der Waals surface area contributed by atoms with E-state index in [0.717, 1.165) is 22.4 Å². The molecule has 2 atom stereocenters. The molecular weight excluding hydrogens is 474 g/mol. The molecule has 1 amide bonds. The number of halogens is 1. The number of amides is 1. The summed E-state index contributed by atoms with van der Waals surface area (Å²) in [6, 6.07) is 15.2. The molecule has 0 radical (unpaired) electrons. The first-order valence-corrected chi connectivity index (χ1v) is 11.6. The molecule has 0 aliphatic carbocycles. The van der Waals surface area contributed by atoms with Crippen LogP contribution in [0.5, 0.6) is 0 Å². The number of nitrogens with one attached hydrogen (secondary N) is 1. The van der Waals surface area contributed by atoms with Crippen LogP contribution in [0.1, 0.15) is 49.4 Å². The molecule has 0 spiro atoms. The Morgan fingerprint density at radius 2 is 1.69 bits per heavy atom. The number of para-hydroxylation sites is 1. The monoisotopic (exact) mass is 506 g/mol. The van der Waals surface area contributed by atoms with Crippen molar-refractivity contribution in [1.82, 2.24) is 4.57 Å². The van der Waals surface area contributed by atoms with Crippen LogP contribution in [0.2, 0.25) is 0 Å². The molecule has 0 aliphatic heterocycles. The van der Waals surface area contributed by atoms with Crippen LogP contribution in [0.4, 0.5) is 10.1 Å². The Labute approximate surface area is 233 Å². The third-order valence-electron chi connectivity index (χ3n) is 5.98. The van der Waals surface area contributed by atoms with Crippen LogP contribution in [-0.4, -0.2) is 44.0 Å². The quantitative estimate of drug-likeness (QED) is 0.295. The van der Waals surface area contributed by atoms with E-state index in [2.05, 4.69) is 5.32 Å². The average Bonchev–Trinajstić information content (AvgIpc) is 3.09. The molecule has 3 aromatic rings. The van der Waals surface area contributed by atoms with Crippen LogP contribution in [0.3, 0.4) is 0 Å². The predicted octanol–water partition coefficient (Wildman–Crippen LogP) is 1.51. The number of aromatic nitrogens is 1. The minimum atomic E-state index is -1.15. The molecule has 188 valence electrons. The van der Waals surface area contributed by atoms with E-state index in [1.807, 2.05) is 36.6 Å². The molecule has 2 aromatic carbocycles. The number of anilines is 1. The fourth-order valence-electron chi connectivity index (χ4n) is 4.44. The van der Waals surface area contributed by atoms with Gasteiger partial charge in [0.1, 0.15) is 11.5 Å². The zero-order valence-corrected chi connectivity index (χ0v) is 22.9. The van der Waals surface area contributed by atoms with Crippen molar-refractivity contribution in [3.8, 4) is 11.1 Å². The van der Waals surface area contributed by atoms with Gasteiger partial charge in [0.15, 0.2) is 0 Å². The Bertz CT molecular complexity index is 1170. The van der Waals surface area contributed by atoms with E-state index < -0.39 is 24.6 Å². The number of hydrogen-bond acceptors (Lipinski definition) is 4. The molecule has 36 heavy (non-hydrogen) atoms. The van der Waals surface area contributed by atoms with Gasteiger partial charge in [0, 0.05) is 23.5 Å². The molecule has 0 aliphatic rings. The van der Waals surface area contributed by atoms with Crippen LogP contribution >= 0.6 is 0 Å². The zero-order chi connectivity index (χ0) is 25.5. The number of carboxylic acids is 1. The zero-order valence-electron chi connectivity index (χ0n) is 21.9. The standard InChI is InChI=1S/C27H31FN2O5.Na.H/c1-3-30-23(14-13-21(31)15-22(32)16-24(33)34)25(18-9-11-19(28)12-10-18)17(2)26(30)27(35)29-20-7-5-4-6-8-20;;/h4-12,21-22,31-32H,3,13-16H2,1-2H3,(H,29,35)(H,33,34);;/q;+1;-1/t21-,22-;;/m1../s1. The second kappa shape index (κ2) is 13.7. The SMILES string of the molecule is CCn1c(CC[C@@H](O)C[C@@H](O)CC(=O)O)c(-c2ccc(F)cc2)c(C)c1C(=O)Nc1ccccc1.[H-].[Na+]. The summed E-state index contributed by atoms with van der Waals surface area (Å²) in [5.41, 5.74) is 4.23. The van der Waals surface area contributed by atoms with E-state index in [9.17, 15) is 24.2 Å². The van der Waals surface area contributed by atoms with Crippen molar-refractivity contribution in [1.29, 1.82) is 0 Å². The first kappa shape index (κ1) is 29.7. The number of aliphatic hydroxyl groups is 2. The summed E-state index contributed by atoms with van der Waals surface area (Å²) in [7, 11) is 0. The minimum absolute atomic E-state index is 0. The maximum Gasteiger partial charge on any atom is 1.00 e. The molecule has 0 fully saturated rings. The third kappa shape index (κ3) is 7.51. The van der Waals surface area contributed by atoms with Crippen molar-refractivity contribution in [2.24, 2.45) is 0 Å². The van der Waals surface area contributed by atoms with E-state index in [1.165, 1.54) is 12.1 Å². The molecular formula is C27H32FN2NaO5. The molecule has 0 saturated carbocycles. The fourth-order valence-corrected chi connectivity index (χ4v) is 4.44. The van der Waals surface area contributed by atoms with Gasteiger partial charge in [0.05, 0.1) is 18.6 Å². The summed E-state index contributed by atoms with van der Waals surface area (Å²) >= 11 is 0. The average molecular weight is 507 g/mol. The number of carboxylic acid groups (broad SMARTS) is 1. The molecule has 0 unspecified atom stereocenters. The molecule has 0 bridgehead atoms. The van der Waals surface area contributed by atoms with Crippen LogP contribution in [0, 0.1) is 12.7 Å². The topological polar surface area (TPSA) is 112 Å². The summed E-state index contributed by atoms with van der Waals surface area (Å²) < 4.78 is 15.5. The number of aliphatic carboxylic acids is 1. The summed E-state index contributed by atoms with van der Waals surface area (Å²) in [5, 5.41) is 32.1. The largest absolute Gasteiger partial charge is 1.00 e. The number of nitrogens with zero attached hydrogens (tertiary/aromatic N) is 1. The van der Waals surface area contributed by atoms with Gasteiger partial charge >= 0.3 is 35.5 Å². The maximum absolute atomic E-state index is 13.6. The summed E-state index contributed by atoms with van der Waals surface area (Å²) in [6.45, 7) is 4.26. The summed E-state index contributed by atoms with van der Waals surface area (Å²) in [6.07, 6.45) is -1.94. The van der Waals surface area contributed by atoms with Crippen LogP contribution in [-0.2, 0) is 17.8 Å². The van der Waals surface area contributed by atoms with E-state index in [0.29, 0.717) is 24.3 Å². The number of hydrogen-bond donors (Lipinski definition) is 4. The molecule has 3 rings (SSSR count). The number of aliphatic hydroxyl groups excluding tert-OH is 2. The van der Waals surface area contributed by atoms with Crippen molar-refractivity contribution in [2.45, 2.75) is 58.3 Å². The Kier molecular flexibility index (Phi) is 11.3. The Morgan fingerprint density at radius 1 is 1.06 bits per heavy atom. The normalized spacial score (nSPS) is 12.5. The van der Waals surface area contributed by atoms with E-state index in [-0.39, 0.29) is 55.5 Å². The first-order chi connectivity index (χ1) is 16.7. The number of benzene rings is 2. The second-order valence-electron chi connectivity index (χ2n) is 8.55. The molecule has 0 saturated heterocycles. The third-order valence-corrected chi connectivity index (χ3v) is 5.98. The second-order valence-corrected chi connectivity index (χ2v) is 8.55. The maximum atomic E-state index is 13.6. The van der Waals surface area contributed by atoms with Crippen molar-refractivity contribution < 1.29 is 60.3 Å². The van der Waals surface area contributed by atoms with E-state index in [4.69, 9.17) is 5.11 Å². The van der Waals surface area contributed by atoms with Gasteiger partial charge in [0.2, 0.25) is 0 Å². The van der Waals surface area contributed by atoms with Crippen LogP contribution in [0.25, 0.3) is 11.1 Å².